The lowest BCUT2D eigenvalue weighted by atomic mass is 10.1. The molecule has 0 fully saturated rings. The van der Waals surface area contributed by atoms with Crippen molar-refractivity contribution in [2.24, 2.45) is 17.6 Å². The molecule has 0 unspecified atom stereocenters. The van der Waals surface area contributed by atoms with Crippen molar-refractivity contribution in [1.82, 2.24) is 4.90 Å². The summed E-state index contributed by atoms with van der Waals surface area (Å²) in [5.74, 6) is 1.50. The average molecular weight is 230 g/mol. The minimum absolute atomic E-state index is 0.613. The molecule has 0 spiro atoms. The molecule has 2 N–H and O–H groups in total. The fraction of sp³-hybridized carbons (Fsp3) is 0.917. The maximum absolute atomic E-state index is 5.60. The summed E-state index contributed by atoms with van der Waals surface area (Å²) in [5, 5.41) is 0. The van der Waals surface area contributed by atoms with E-state index >= 15 is 0 Å². The number of thiocarbonyl (C=S) groups is 1. The predicted molar refractivity (Wildman–Crippen MR) is 72.1 cm³/mol. The summed E-state index contributed by atoms with van der Waals surface area (Å²) in [6, 6.07) is 0. The third kappa shape index (κ3) is 10.1. The Labute approximate surface area is 100 Å². The Morgan fingerprint density at radius 3 is 1.73 bits per heavy atom. The minimum Gasteiger partial charge on any atom is -0.392 e. The molecule has 0 heterocycles. The third-order valence-electron chi connectivity index (χ3n) is 2.42. The first-order valence-electron chi connectivity index (χ1n) is 5.92. The van der Waals surface area contributed by atoms with E-state index < -0.39 is 0 Å². The lowest BCUT2D eigenvalue weighted by molar-refractivity contribution is 0.274. The Bertz CT molecular complexity index is 166. The summed E-state index contributed by atoms with van der Waals surface area (Å²) >= 11 is 4.97. The van der Waals surface area contributed by atoms with E-state index in [0.717, 1.165) is 31.5 Å². The van der Waals surface area contributed by atoms with Gasteiger partial charge in [0.2, 0.25) is 0 Å². The molecule has 0 amide bonds. The summed E-state index contributed by atoms with van der Waals surface area (Å²) in [6.07, 6.45) is 2.45. The molecule has 0 rings (SSSR count). The number of hydrogen-bond donors (Lipinski definition) is 1. The van der Waals surface area contributed by atoms with Crippen molar-refractivity contribution < 1.29 is 0 Å². The molecular weight excluding hydrogens is 204 g/mol. The van der Waals surface area contributed by atoms with Crippen LogP contribution in [0.5, 0.6) is 0 Å². The number of nitrogens with zero attached hydrogens (tertiary/aromatic N) is 1. The lowest BCUT2D eigenvalue weighted by Gasteiger charge is -2.23. The SMILES string of the molecule is CC(C)CCN(CCC(C)C)CC(N)=S. The van der Waals surface area contributed by atoms with Gasteiger partial charge in [-0.2, -0.15) is 0 Å². The van der Waals surface area contributed by atoms with Gasteiger partial charge in [-0.05, 0) is 37.8 Å². The second kappa shape index (κ2) is 8.05. The molecule has 0 aliphatic rings. The fourth-order valence-corrected chi connectivity index (χ4v) is 1.55. The van der Waals surface area contributed by atoms with E-state index in [1.54, 1.807) is 0 Å². The van der Waals surface area contributed by atoms with Crippen LogP contribution in [0.2, 0.25) is 0 Å². The highest BCUT2D eigenvalue weighted by Gasteiger charge is 2.08. The second-order valence-corrected chi connectivity index (χ2v) is 5.63. The number of nitrogens with two attached hydrogens (primary N) is 1. The first-order chi connectivity index (χ1) is 6.91. The van der Waals surface area contributed by atoms with Gasteiger partial charge >= 0.3 is 0 Å². The van der Waals surface area contributed by atoms with E-state index in [4.69, 9.17) is 18.0 Å². The molecule has 0 aliphatic heterocycles. The smallest absolute Gasteiger partial charge is 0.0870 e. The average Bonchev–Trinajstić information content (AvgIpc) is 2.08. The van der Waals surface area contributed by atoms with Gasteiger partial charge < -0.3 is 5.73 Å². The van der Waals surface area contributed by atoms with Crippen LogP contribution >= 0.6 is 12.2 Å². The van der Waals surface area contributed by atoms with Crippen molar-refractivity contribution in [3.8, 4) is 0 Å². The van der Waals surface area contributed by atoms with Gasteiger partial charge in [0.1, 0.15) is 0 Å². The zero-order valence-electron chi connectivity index (χ0n) is 10.6. The lowest BCUT2D eigenvalue weighted by Crippen LogP contribution is -2.35. The van der Waals surface area contributed by atoms with Gasteiger partial charge in [0, 0.05) is 6.54 Å². The monoisotopic (exact) mass is 230 g/mol. The van der Waals surface area contributed by atoms with E-state index in [-0.39, 0.29) is 0 Å². The van der Waals surface area contributed by atoms with Gasteiger partial charge in [0.05, 0.1) is 4.99 Å². The molecule has 0 bridgehead atoms. The molecule has 0 aromatic carbocycles. The van der Waals surface area contributed by atoms with Crippen molar-refractivity contribution in [2.45, 2.75) is 40.5 Å². The summed E-state index contributed by atoms with van der Waals surface area (Å²) < 4.78 is 0. The van der Waals surface area contributed by atoms with Crippen LogP contribution in [0.4, 0.5) is 0 Å². The molecule has 2 nitrogen and oxygen atoms in total. The van der Waals surface area contributed by atoms with E-state index in [2.05, 4.69) is 32.6 Å². The van der Waals surface area contributed by atoms with Gasteiger partial charge in [-0.15, -0.1) is 0 Å². The Morgan fingerprint density at radius 2 is 1.47 bits per heavy atom. The van der Waals surface area contributed by atoms with E-state index in [1.807, 2.05) is 0 Å². The summed E-state index contributed by atoms with van der Waals surface area (Å²) in [5.41, 5.74) is 5.60. The number of hydrogen-bond acceptors (Lipinski definition) is 2. The molecule has 0 aromatic heterocycles. The Hall–Kier alpha value is -0.150. The van der Waals surface area contributed by atoms with Crippen LogP contribution in [0.25, 0.3) is 0 Å². The largest absolute Gasteiger partial charge is 0.392 e. The van der Waals surface area contributed by atoms with Crippen molar-refractivity contribution in [3.63, 3.8) is 0 Å². The number of rotatable bonds is 8. The van der Waals surface area contributed by atoms with Gasteiger partial charge in [0.15, 0.2) is 0 Å². The maximum Gasteiger partial charge on any atom is 0.0870 e. The maximum atomic E-state index is 5.60. The summed E-state index contributed by atoms with van der Waals surface area (Å²) in [7, 11) is 0. The molecular formula is C12H26N2S. The zero-order chi connectivity index (χ0) is 11.8. The highest BCUT2D eigenvalue weighted by molar-refractivity contribution is 7.80. The first kappa shape index (κ1) is 14.8. The van der Waals surface area contributed by atoms with E-state index in [1.165, 1.54) is 12.8 Å². The first-order valence-corrected chi connectivity index (χ1v) is 6.33. The molecule has 0 aromatic rings. The summed E-state index contributed by atoms with van der Waals surface area (Å²) in [6.45, 7) is 12.0. The third-order valence-corrected chi connectivity index (χ3v) is 2.55. The Balaban J connectivity index is 3.89. The van der Waals surface area contributed by atoms with Crippen molar-refractivity contribution in [1.29, 1.82) is 0 Å². The Kier molecular flexibility index (Phi) is 7.97. The van der Waals surface area contributed by atoms with Gasteiger partial charge in [-0.1, -0.05) is 39.9 Å². The predicted octanol–water partition coefficient (Wildman–Crippen LogP) is 2.67. The van der Waals surface area contributed by atoms with Crippen LogP contribution in [-0.2, 0) is 0 Å². The molecule has 0 atom stereocenters. The van der Waals surface area contributed by atoms with Crippen LogP contribution in [0.15, 0.2) is 0 Å². The van der Waals surface area contributed by atoms with Crippen molar-refractivity contribution in [3.05, 3.63) is 0 Å². The van der Waals surface area contributed by atoms with Gasteiger partial charge in [0.25, 0.3) is 0 Å². The normalized spacial score (nSPS) is 11.7. The highest BCUT2D eigenvalue weighted by Crippen LogP contribution is 2.06. The topological polar surface area (TPSA) is 29.3 Å². The standard InChI is InChI=1S/C12H26N2S/c1-10(2)5-7-14(9-12(13)15)8-6-11(3)4/h10-11H,5-9H2,1-4H3,(H2,13,15). The van der Waals surface area contributed by atoms with E-state index in [9.17, 15) is 0 Å². The summed E-state index contributed by atoms with van der Waals surface area (Å²) in [4.78, 5) is 2.99. The fourth-order valence-electron chi connectivity index (χ4n) is 1.37. The van der Waals surface area contributed by atoms with E-state index in [0.29, 0.717) is 4.99 Å². The van der Waals surface area contributed by atoms with Crippen LogP contribution in [0, 0.1) is 11.8 Å². The van der Waals surface area contributed by atoms with Gasteiger partial charge in [-0.25, -0.2) is 0 Å². The van der Waals surface area contributed by atoms with Crippen LogP contribution in [0.3, 0.4) is 0 Å². The van der Waals surface area contributed by atoms with Crippen LogP contribution < -0.4 is 5.73 Å². The Morgan fingerprint density at radius 1 is 1.07 bits per heavy atom. The molecule has 90 valence electrons. The minimum atomic E-state index is 0.613. The highest BCUT2D eigenvalue weighted by atomic mass is 32.1. The second-order valence-electron chi connectivity index (χ2n) is 5.11. The zero-order valence-corrected chi connectivity index (χ0v) is 11.4. The van der Waals surface area contributed by atoms with Crippen LogP contribution in [0.1, 0.15) is 40.5 Å². The molecule has 0 aliphatic carbocycles. The molecule has 0 saturated carbocycles. The molecule has 15 heavy (non-hydrogen) atoms. The van der Waals surface area contributed by atoms with Crippen molar-refractivity contribution >= 4 is 17.2 Å². The molecule has 0 saturated heterocycles. The van der Waals surface area contributed by atoms with Crippen LogP contribution in [-0.4, -0.2) is 29.5 Å². The molecule has 3 heteroatoms. The quantitative estimate of drug-likeness (QED) is 0.650. The van der Waals surface area contributed by atoms with Gasteiger partial charge in [-0.3, -0.25) is 4.90 Å². The van der Waals surface area contributed by atoms with Crippen molar-refractivity contribution in [2.75, 3.05) is 19.6 Å². The molecule has 0 radical (unpaired) electrons.